The number of amides is 2. The summed E-state index contributed by atoms with van der Waals surface area (Å²) in [4.78, 5) is 31.1. The number of carbonyl (C=O) groups excluding carboxylic acids is 2. The van der Waals surface area contributed by atoms with Gasteiger partial charge in [-0.15, -0.1) is 0 Å². The van der Waals surface area contributed by atoms with Crippen LogP contribution >= 0.6 is 0 Å². The highest BCUT2D eigenvalue weighted by atomic mass is 16.2. The van der Waals surface area contributed by atoms with E-state index in [9.17, 15) is 9.59 Å². The van der Waals surface area contributed by atoms with E-state index >= 15 is 0 Å². The van der Waals surface area contributed by atoms with Gasteiger partial charge in [-0.2, -0.15) is 0 Å². The molecule has 2 amide bonds. The first-order chi connectivity index (χ1) is 19.3. The third-order valence-corrected chi connectivity index (χ3v) is 7.62. The van der Waals surface area contributed by atoms with Crippen molar-refractivity contribution in [2.75, 3.05) is 31.5 Å². The van der Waals surface area contributed by atoms with Gasteiger partial charge in [-0.3, -0.25) is 14.5 Å². The smallest absolute Gasteiger partial charge is 0.256 e. The molecule has 5 heteroatoms. The van der Waals surface area contributed by atoms with Crippen LogP contribution in [0.25, 0.3) is 0 Å². The van der Waals surface area contributed by atoms with Gasteiger partial charge in [0, 0.05) is 31.7 Å². The zero-order valence-corrected chi connectivity index (χ0v) is 23.5. The first kappa shape index (κ1) is 27.4. The number of para-hydroxylation sites is 1. The summed E-state index contributed by atoms with van der Waals surface area (Å²) in [5.41, 5.74) is 5.29. The summed E-state index contributed by atoms with van der Waals surface area (Å²) in [6.07, 6.45) is 0. The molecule has 0 atom stereocenters. The highest BCUT2D eigenvalue weighted by Crippen LogP contribution is 2.30. The molecule has 0 saturated carbocycles. The molecule has 0 unspecified atom stereocenters. The molecule has 1 heterocycles. The number of nitrogens with zero attached hydrogens (tertiary/aromatic N) is 2. The topological polar surface area (TPSA) is 52.7 Å². The van der Waals surface area contributed by atoms with Crippen LogP contribution in [0.2, 0.25) is 0 Å². The average molecular weight is 532 g/mol. The van der Waals surface area contributed by atoms with Gasteiger partial charge in [0.1, 0.15) is 0 Å². The van der Waals surface area contributed by atoms with Crippen molar-refractivity contribution in [1.82, 2.24) is 9.80 Å². The van der Waals surface area contributed by atoms with E-state index in [1.54, 1.807) is 12.1 Å². The highest BCUT2D eigenvalue weighted by Gasteiger charge is 2.29. The number of nitrogens with one attached hydrogen (secondary N) is 1. The Morgan fingerprint density at radius 3 is 1.75 bits per heavy atom. The van der Waals surface area contributed by atoms with E-state index in [4.69, 9.17) is 0 Å². The third kappa shape index (κ3) is 6.16. The molecule has 0 bridgehead atoms. The third-order valence-electron chi connectivity index (χ3n) is 7.62. The van der Waals surface area contributed by atoms with Gasteiger partial charge in [-0.25, -0.2) is 0 Å². The second kappa shape index (κ2) is 11.9. The summed E-state index contributed by atoms with van der Waals surface area (Å²) in [6, 6.07) is 36.2. The predicted octanol–water partition coefficient (Wildman–Crippen LogP) is 6.78. The summed E-state index contributed by atoms with van der Waals surface area (Å²) in [7, 11) is 0. The van der Waals surface area contributed by atoms with Gasteiger partial charge in [-0.1, -0.05) is 106 Å². The number of hydrogen-bond donors (Lipinski definition) is 1. The molecule has 5 nitrogen and oxygen atoms in total. The second-order valence-corrected chi connectivity index (χ2v) is 11.4. The zero-order valence-electron chi connectivity index (χ0n) is 23.5. The van der Waals surface area contributed by atoms with Crippen molar-refractivity contribution in [3.05, 3.63) is 137 Å². The van der Waals surface area contributed by atoms with E-state index in [2.05, 4.69) is 79.5 Å². The highest BCUT2D eigenvalue weighted by molar-refractivity contribution is 6.09. The number of carbonyl (C=O) groups is 2. The van der Waals surface area contributed by atoms with Gasteiger partial charge in [0.25, 0.3) is 11.8 Å². The molecule has 0 aliphatic carbocycles. The Kier molecular flexibility index (Phi) is 8.13. The van der Waals surface area contributed by atoms with Crippen LogP contribution < -0.4 is 5.32 Å². The SMILES string of the molecule is CC(C)(C)c1ccc(C(=O)Nc2ccccc2C(=O)N2CCN(C(c3ccccc3)c3ccccc3)CC2)cc1. The van der Waals surface area contributed by atoms with Crippen LogP contribution in [-0.4, -0.2) is 47.8 Å². The second-order valence-electron chi connectivity index (χ2n) is 11.4. The lowest BCUT2D eigenvalue weighted by Crippen LogP contribution is -2.50. The number of hydrogen-bond acceptors (Lipinski definition) is 3. The van der Waals surface area contributed by atoms with E-state index < -0.39 is 0 Å². The van der Waals surface area contributed by atoms with Gasteiger partial charge >= 0.3 is 0 Å². The minimum Gasteiger partial charge on any atom is -0.336 e. The van der Waals surface area contributed by atoms with Crippen LogP contribution in [0.1, 0.15) is 64.2 Å². The molecule has 0 radical (unpaired) electrons. The maximum atomic E-state index is 13.7. The number of piperazine rings is 1. The normalized spacial score (nSPS) is 14.2. The summed E-state index contributed by atoms with van der Waals surface area (Å²) in [6.45, 7) is 9.19. The number of benzene rings is 4. The molecule has 1 fully saturated rings. The average Bonchev–Trinajstić information content (AvgIpc) is 2.98. The zero-order chi connectivity index (χ0) is 28.1. The Morgan fingerprint density at radius 1 is 0.675 bits per heavy atom. The van der Waals surface area contributed by atoms with Gasteiger partial charge in [-0.05, 0) is 46.4 Å². The molecule has 0 spiro atoms. The van der Waals surface area contributed by atoms with E-state index in [0.29, 0.717) is 29.9 Å². The largest absolute Gasteiger partial charge is 0.336 e. The lowest BCUT2D eigenvalue weighted by molar-refractivity contribution is 0.0598. The quantitative estimate of drug-likeness (QED) is 0.298. The molecule has 1 aliphatic heterocycles. The Morgan fingerprint density at radius 2 is 1.20 bits per heavy atom. The molecular weight excluding hydrogens is 494 g/mol. The van der Waals surface area contributed by atoms with E-state index in [-0.39, 0.29) is 23.3 Å². The van der Waals surface area contributed by atoms with Crippen LogP contribution in [0.5, 0.6) is 0 Å². The van der Waals surface area contributed by atoms with Gasteiger partial charge < -0.3 is 10.2 Å². The van der Waals surface area contributed by atoms with Crippen molar-refractivity contribution in [2.45, 2.75) is 32.2 Å². The number of anilines is 1. The summed E-state index contributed by atoms with van der Waals surface area (Å²) >= 11 is 0. The fourth-order valence-corrected chi connectivity index (χ4v) is 5.33. The molecule has 1 N–H and O–H groups in total. The lowest BCUT2D eigenvalue weighted by atomic mass is 9.86. The maximum Gasteiger partial charge on any atom is 0.256 e. The first-order valence-corrected chi connectivity index (χ1v) is 14.0. The minimum atomic E-state index is -0.223. The summed E-state index contributed by atoms with van der Waals surface area (Å²) < 4.78 is 0. The Labute approximate surface area is 237 Å². The van der Waals surface area contributed by atoms with Crippen LogP contribution in [0, 0.1) is 0 Å². The van der Waals surface area contributed by atoms with Gasteiger partial charge in [0.2, 0.25) is 0 Å². The summed E-state index contributed by atoms with van der Waals surface area (Å²) in [5, 5.41) is 2.98. The van der Waals surface area contributed by atoms with Crippen LogP contribution in [0.15, 0.2) is 109 Å². The van der Waals surface area contributed by atoms with E-state index in [1.165, 1.54) is 16.7 Å². The van der Waals surface area contributed by atoms with Crippen LogP contribution in [-0.2, 0) is 5.41 Å². The summed E-state index contributed by atoms with van der Waals surface area (Å²) in [5.74, 6) is -0.284. The maximum absolute atomic E-state index is 13.7. The van der Waals surface area contributed by atoms with E-state index in [1.807, 2.05) is 53.4 Å². The van der Waals surface area contributed by atoms with Crippen molar-refractivity contribution >= 4 is 17.5 Å². The first-order valence-electron chi connectivity index (χ1n) is 14.0. The van der Waals surface area contributed by atoms with Crippen molar-refractivity contribution in [3.63, 3.8) is 0 Å². The monoisotopic (exact) mass is 531 g/mol. The van der Waals surface area contributed by atoms with Crippen molar-refractivity contribution in [2.24, 2.45) is 0 Å². The van der Waals surface area contributed by atoms with Gasteiger partial charge in [0.15, 0.2) is 0 Å². The minimum absolute atomic E-state index is 0.0141. The number of rotatable bonds is 6. The molecule has 4 aromatic carbocycles. The molecule has 5 rings (SSSR count). The van der Waals surface area contributed by atoms with Crippen LogP contribution in [0.3, 0.4) is 0 Å². The van der Waals surface area contributed by atoms with Crippen molar-refractivity contribution in [3.8, 4) is 0 Å². The fraction of sp³-hybridized carbons (Fsp3) is 0.257. The Balaban J connectivity index is 1.28. The van der Waals surface area contributed by atoms with Crippen molar-refractivity contribution in [1.29, 1.82) is 0 Å². The molecule has 1 saturated heterocycles. The molecule has 1 aliphatic rings. The fourth-order valence-electron chi connectivity index (χ4n) is 5.33. The van der Waals surface area contributed by atoms with Crippen LogP contribution in [0.4, 0.5) is 5.69 Å². The molecule has 0 aromatic heterocycles. The predicted molar refractivity (Wildman–Crippen MR) is 162 cm³/mol. The standard InChI is InChI=1S/C35H37N3O2/c1-35(2,3)29-20-18-28(19-21-29)33(39)36-31-17-11-10-16-30(31)34(40)38-24-22-37(23-25-38)32(26-12-6-4-7-13-26)27-14-8-5-9-15-27/h4-21,32H,22-25H2,1-3H3,(H,36,39). The van der Waals surface area contributed by atoms with Gasteiger partial charge in [0.05, 0.1) is 17.3 Å². The molecule has 4 aromatic rings. The Bertz CT molecular complexity index is 1400. The molecule has 40 heavy (non-hydrogen) atoms. The van der Waals surface area contributed by atoms with Crippen molar-refractivity contribution < 1.29 is 9.59 Å². The van der Waals surface area contributed by atoms with E-state index in [0.717, 1.165) is 13.1 Å². The molecular formula is C35H37N3O2. The molecule has 204 valence electrons. The lowest BCUT2D eigenvalue weighted by Gasteiger charge is -2.40. The Hall–Kier alpha value is -4.22.